The van der Waals surface area contributed by atoms with Crippen molar-refractivity contribution in [2.45, 2.75) is 38.2 Å². The minimum absolute atomic E-state index is 0.0295. The van der Waals surface area contributed by atoms with Crippen LogP contribution in [0.5, 0.6) is 5.75 Å². The summed E-state index contributed by atoms with van der Waals surface area (Å²) in [6, 6.07) is 15.2. The molecule has 1 fully saturated rings. The zero-order valence-corrected chi connectivity index (χ0v) is 13.4. The minimum atomic E-state index is -0.423. The van der Waals surface area contributed by atoms with Gasteiger partial charge >= 0.3 is 11.9 Å². The molecule has 1 aliphatic rings. The fraction of sp³-hybridized carbons (Fsp3) is 0.300. The van der Waals surface area contributed by atoms with E-state index in [1.165, 1.54) is 6.42 Å². The van der Waals surface area contributed by atoms with Crippen LogP contribution in [0.4, 0.5) is 0 Å². The molecule has 2 aromatic carbocycles. The number of hydrogen-bond acceptors (Lipinski definition) is 4. The van der Waals surface area contributed by atoms with Gasteiger partial charge in [0.2, 0.25) is 0 Å². The molecule has 0 aromatic heterocycles. The van der Waals surface area contributed by atoms with Gasteiger partial charge in [0.15, 0.2) is 0 Å². The molecule has 0 atom stereocenters. The molecule has 0 N–H and O–H groups in total. The van der Waals surface area contributed by atoms with E-state index in [1.807, 2.05) is 6.07 Å². The van der Waals surface area contributed by atoms with Gasteiger partial charge in [-0.15, -0.1) is 0 Å². The second-order valence-electron chi connectivity index (χ2n) is 5.95. The Morgan fingerprint density at radius 2 is 1.38 bits per heavy atom. The third kappa shape index (κ3) is 4.22. The van der Waals surface area contributed by atoms with Crippen molar-refractivity contribution in [2.24, 2.45) is 0 Å². The molecule has 0 saturated heterocycles. The van der Waals surface area contributed by atoms with Gasteiger partial charge in [-0.05, 0) is 62.1 Å². The normalized spacial score (nSPS) is 14.8. The van der Waals surface area contributed by atoms with Crippen molar-refractivity contribution in [3.8, 4) is 5.75 Å². The van der Waals surface area contributed by atoms with Crippen molar-refractivity contribution in [3.05, 3.63) is 65.7 Å². The van der Waals surface area contributed by atoms with Crippen LogP contribution in [0.1, 0.15) is 52.8 Å². The first-order valence-electron chi connectivity index (χ1n) is 8.30. The lowest BCUT2D eigenvalue weighted by molar-refractivity contribution is 0.0211. The van der Waals surface area contributed by atoms with E-state index in [1.54, 1.807) is 48.5 Å². The smallest absolute Gasteiger partial charge is 0.343 e. The molecule has 0 unspecified atom stereocenters. The van der Waals surface area contributed by atoms with Crippen LogP contribution in [0.15, 0.2) is 54.6 Å². The highest BCUT2D eigenvalue weighted by molar-refractivity contribution is 5.92. The van der Waals surface area contributed by atoms with Crippen LogP contribution in [0.25, 0.3) is 0 Å². The first kappa shape index (κ1) is 16.2. The highest BCUT2D eigenvalue weighted by Gasteiger charge is 2.18. The summed E-state index contributed by atoms with van der Waals surface area (Å²) in [5.41, 5.74) is 0.957. The molecule has 0 amide bonds. The zero-order valence-electron chi connectivity index (χ0n) is 13.4. The predicted molar refractivity (Wildman–Crippen MR) is 90.1 cm³/mol. The summed E-state index contributed by atoms with van der Waals surface area (Å²) in [5.74, 6) is -0.339. The third-order valence-corrected chi connectivity index (χ3v) is 4.14. The summed E-state index contributed by atoms with van der Waals surface area (Å²) >= 11 is 0. The van der Waals surface area contributed by atoms with Crippen molar-refractivity contribution >= 4 is 11.9 Å². The summed E-state index contributed by atoms with van der Waals surface area (Å²) in [7, 11) is 0. The standard InChI is InChI=1S/C20H20O4/c21-19(15-7-3-1-4-8-15)24-18-13-11-16(12-14-18)20(22)23-17-9-5-2-6-10-17/h1,3-4,7-8,11-14,17H,2,5-6,9-10H2. The molecule has 0 spiro atoms. The quantitative estimate of drug-likeness (QED) is 0.618. The topological polar surface area (TPSA) is 52.6 Å². The van der Waals surface area contributed by atoms with Crippen LogP contribution < -0.4 is 4.74 Å². The summed E-state index contributed by atoms with van der Waals surface area (Å²) in [6.07, 6.45) is 5.37. The van der Waals surface area contributed by atoms with Crippen molar-refractivity contribution in [2.75, 3.05) is 0 Å². The van der Waals surface area contributed by atoms with Gasteiger partial charge < -0.3 is 9.47 Å². The molecular formula is C20H20O4. The Balaban J connectivity index is 1.58. The lowest BCUT2D eigenvalue weighted by Crippen LogP contribution is -2.20. The Bertz CT molecular complexity index is 685. The van der Waals surface area contributed by atoms with Gasteiger partial charge in [-0.25, -0.2) is 9.59 Å². The number of benzene rings is 2. The van der Waals surface area contributed by atoms with E-state index < -0.39 is 5.97 Å². The predicted octanol–water partition coefficient (Wildman–Crippen LogP) is 4.40. The molecule has 0 radical (unpaired) electrons. The van der Waals surface area contributed by atoms with Gasteiger partial charge in [0.05, 0.1) is 11.1 Å². The maximum Gasteiger partial charge on any atom is 0.343 e. The molecule has 2 aromatic rings. The average Bonchev–Trinajstić information content (AvgIpc) is 2.64. The Morgan fingerprint density at radius 3 is 2.04 bits per heavy atom. The summed E-state index contributed by atoms with van der Waals surface area (Å²) < 4.78 is 10.8. The fourth-order valence-corrected chi connectivity index (χ4v) is 2.80. The number of carbonyl (C=O) groups excluding carboxylic acids is 2. The minimum Gasteiger partial charge on any atom is -0.459 e. The number of ether oxygens (including phenoxy) is 2. The van der Waals surface area contributed by atoms with E-state index >= 15 is 0 Å². The Morgan fingerprint density at radius 1 is 0.750 bits per heavy atom. The molecule has 4 nitrogen and oxygen atoms in total. The molecule has 4 heteroatoms. The van der Waals surface area contributed by atoms with E-state index in [2.05, 4.69) is 0 Å². The summed E-state index contributed by atoms with van der Waals surface area (Å²) in [5, 5.41) is 0. The Hall–Kier alpha value is -2.62. The van der Waals surface area contributed by atoms with Gasteiger partial charge in [0.1, 0.15) is 11.9 Å². The SMILES string of the molecule is O=C(Oc1ccc(C(=O)OC2CCCCC2)cc1)c1ccccc1. The Kier molecular flexibility index (Phi) is 5.26. The highest BCUT2D eigenvalue weighted by Crippen LogP contribution is 2.22. The van der Waals surface area contributed by atoms with Gasteiger partial charge in [0, 0.05) is 0 Å². The van der Waals surface area contributed by atoms with E-state index in [4.69, 9.17) is 9.47 Å². The van der Waals surface area contributed by atoms with Crippen molar-refractivity contribution < 1.29 is 19.1 Å². The average molecular weight is 324 g/mol. The summed E-state index contributed by atoms with van der Waals surface area (Å²) in [6.45, 7) is 0. The molecule has 124 valence electrons. The van der Waals surface area contributed by atoms with Gasteiger partial charge in [-0.3, -0.25) is 0 Å². The molecule has 0 aliphatic heterocycles. The van der Waals surface area contributed by atoms with Gasteiger partial charge in [-0.2, -0.15) is 0 Å². The lowest BCUT2D eigenvalue weighted by Gasteiger charge is -2.21. The maximum atomic E-state index is 12.1. The second-order valence-corrected chi connectivity index (χ2v) is 5.95. The van der Waals surface area contributed by atoms with Gasteiger partial charge in [-0.1, -0.05) is 24.6 Å². The van der Waals surface area contributed by atoms with Crippen molar-refractivity contribution in [1.29, 1.82) is 0 Å². The highest BCUT2D eigenvalue weighted by atomic mass is 16.5. The lowest BCUT2D eigenvalue weighted by atomic mass is 9.98. The molecule has 24 heavy (non-hydrogen) atoms. The van der Waals surface area contributed by atoms with E-state index in [0.717, 1.165) is 25.7 Å². The number of rotatable bonds is 4. The van der Waals surface area contributed by atoms with Crippen LogP contribution in [0, 0.1) is 0 Å². The number of hydrogen-bond donors (Lipinski definition) is 0. The van der Waals surface area contributed by atoms with Crippen LogP contribution in [-0.4, -0.2) is 18.0 Å². The third-order valence-electron chi connectivity index (χ3n) is 4.14. The summed E-state index contributed by atoms with van der Waals surface area (Å²) in [4.78, 5) is 24.1. The molecular weight excluding hydrogens is 304 g/mol. The Labute approximate surface area is 141 Å². The monoisotopic (exact) mass is 324 g/mol. The first-order valence-corrected chi connectivity index (χ1v) is 8.30. The molecule has 1 saturated carbocycles. The molecule has 1 aliphatic carbocycles. The van der Waals surface area contributed by atoms with E-state index in [-0.39, 0.29) is 12.1 Å². The molecule has 3 rings (SSSR count). The maximum absolute atomic E-state index is 12.1. The van der Waals surface area contributed by atoms with E-state index in [9.17, 15) is 9.59 Å². The number of esters is 2. The largest absolute Gasteiger partial charge is 0.459 e. The van der Waals surface area contributed by atoms with Crippen molar-refractivity contribution in [3.63, 3.8) is 0 Å². The second kappa shape index (κ2) is 7.77. The van der Waals surface area contributed by atoms with Crippen LogP contribution >= 0.6 is 0 Å². The van der Waals surface area contributed by atoms with Gasteiger partial charge in [0.25, 0.3) is 0 Å². The number of carbonyl (C=O) groups is 2. The first-order chi connectivity index (χ1) is 11.7. The molecule has 0 bridgehead atoms. The molecule has 0 heterocycles. The fourth-order valence-electron chi connectivity index (χ4n) is 2.80. The van der Waals surface area contributed by atoms with Crippen LogP contribution in [0.3, 0.4) is 0 Å². The van der Waals surface area contributed by atoms with Crippen molar-refractivity contribution in [1.82, 2.24) is 0 Å². The van der Waals surface area contributed by atoms with Crippen LogP contribution in [0.2, 0.25) is 0 Å². The van der Waals surface area contributed by atoms with E-state index in [0.29, 0.717) is 16.9 Å². The zero-order chi connectivity index (χ0) is 16.8. The van der Waals surface area contributed by atoms with Crippen LogP contribution in [-0.2, 0) is 4.74 Å².